The van der Waals surface area contributed by atoms with Gasteiger partial charge in [-0.1, -0.05) is 26.0 Å². The maximum Gasteiger partial charge on any atom is 0.227 e. The quantitative estimate of drug-likeness (QED) is 0.889. The molecule has 4 nitrogen and oxygen atoms in total. The summed E-state index contributed by atoms with van der Waals surface area (Å²) < 4.78 is 0. The van der Waals surface area contributed by atoms with Gasteiger partial charge in [0, 0.05) is 30.6 Å². The monoisotopic (exact) mass is 330 g/mol. The van der Waals surface area contributed by atoms with E-state index in [1.165, 1.54) is 5.56 Å². The number of benzene rings is 1. The van der Waals surface area contributed by atoms with E-state index in [0.717, 1.165) is 36.9 Å². The Morgan fingerprint density at radius 1 is 1.17 bits per heavy atom. The Balaban J connectivity index is 1.91. The van der Waals surface area contributed by atoms with Gasteiger partial charge in [0.2, 0.25) is 11.8 Å². The summed E-state index contributed by atoms with van der Waals surface area (Å²) in [5, 5.41) is 3.07. The first-order valence-electron chi connectivity index (χ1n) is 9.13. The maximum absolute atomic E-state index is 12.5. The molecule has 1 aliphatic heterocycles. The van der Waals surface area contributed by atoms with E-state index in [2.05, 4.69) is 19.2 Å². The van der Waals surface area contributed by atoms with Gasteiger partial charge in [0.25, 0.3) is 0 Å². The molecule has 2 rings (SSSR count). The molecule has 2 amide bonds. The van der Waals surface area contributed by atoms with Gasteiger partial charge in [-0.25, -0.2) is 0 Å². The predicted octanol–water partition coefficient (Wildman–Crippen LogP) is 3.92. The number of anilines is 1. The number of carbonyl (C=O) groups excluding carboxylic acids is 2. The molecule has 0 atom stereocenters. The molecule has 0 bridgehead atoms. The third-order valence-corrected chi connectivity index (χ3v) is 5.37. The highest BCUT2D eigenvalue weighted by atomic mass is 16.2. The number of hydrogen-bond acceptors (Lipinski definition) is 2. The van der Waals surface area contributed by atoms with Crippen molar-refractivity contribution in [2.45, 2.75) is 53.4 Å². The van der Waals surface area contributed by atoms with Crippen molar-refractivity contribution in [2.75, 3.05) is 18.4 Å². The molecule has 1 fully saturated rings. The van der Waals surface area contributed by atoms with Crippen LogP contribution in [-0.2, 0) is 9.59 Å². The lowest BCUT2D eigenvalue weighted by Crippen LogP contribution is -2.43. The second-order valence-corrected chi connectivity index (χ2v) is 6.85. The third-order valence-electron chi connectivity index (χ3n) is 5.37. The van der Waals surface area contributed by atoms with E-state index < -0.39 is 0 Å². The SMILES string of the molecule is CCC(CC)C(=O)N1CCC(C(=O)Nc2cccc(C)c2C)CC1. The highest BCUT2D eigenvalue weighted by Crippen LogP contribution is 2.24. The molecule has 1 heterocycles. The third kappa shape index (κ3) is 4.16. The molecular weight excluding hydrogens is 300 g/mol. The summed E-state index contributed by atoms with van der Waals surface area (Å²) in [6, 6.07) is 5.97. The summed E-state index contributed by atoms with van der Waals surface area (Å²) in [5.74, 6) is 0.465. The van der Waals surface area contributed by atoms with Crippen molar-refractivity contribution in [3.05, 3.63) is 29.3 Å². The normalized spacial score (nSPS) is 15.6. The van der Waals surface area contributed by atoms with E-state index in [1.807, 2.05) is 36.9 Å². The van der Waals surface area contributed by atoms with Crippen molar-refractivity contribution in [3.8, 4) is 0 Å². The first kappa shape index (κ1) is 18.5. The van der Waals surface area contributed by atoms with Gasteiger partial charge in [0.1, 0.15) is 0 Å². The Hall–Kier alpha value is -1.84. The average Bonchev–Trinajstić information content (AvgIpc) is 2.60. The van der Waals surface area contributed by atoms with Crippen molar-refractivity contribution >= 4 is 17.5 Å². The summed E-state index contributed by atoms with van der Waals surface area (Å²) in [4.78, 5) is 26.9. The van der Waals surface area contributed by atoms with E-state index in [9.17, 15) is 9.59 Å². The number of rotatable bonds is 5. The standard InChI is InChI=1S/C20H30N2O2/c1-5-16(6-2)20(24)22-12-10-17(11-13-22)19(23)21-18-9-7-8-14(3)15(18)4/h7-9,16-17H,5-6,10-13H2,1-4H3,(H,21,23). The van der Waals surface area contributed by atoms with Crippen molar-refractivity contribution in [3.63, 3.8) is 0 Å². The molecule has 1 aromatic carbocycles. The van der Waals surface area contributed by atoms with Crippen molar-refractivity contribution < 1.29 is 9.59 Å². The van der Waals surface area contributed by atoms with Gasteiger partial charge in [-0.05, 0) is 56.7 Å². The van der Waals surface area contributed by atoms with Gasteiger partial charge in [0.15, 0.2) is 0 Å². The minimum atomic E-state index is -0.00401. The number of aryl methyl sites for hydroxylation is 1. The molecule has 0 radical (unpaired) electrons. The number of nitrogens with zero attached hydrogens (tertiary/aromatic N) is 1. The molecule has 0 saturated carbocycles. The summed E-state index contributed by atoms with van der Waals surface area (Å²) in [6.07, 6.45) is 3.29. The zero-order valence-corrected chi connectivity index (χ0v) is 15.4. The van der Waals surface area contributed by atoms with E-state index in [0.29, 0.717) is 13.1 Å². The average molecular weight is 330 g/mol. The smallest absolute Gasteiger partial charge is 0.227 e. The lowest BCUT2D eigenvalue weighted by Gasteiger charge is -2.33. The number of hydrogen-bond donors (Lipinski definition) is 1. The van der Waals surface area contributed by atoms with Gasteiger partial charge in [0.05, 0.1) is 0 Å². The van der Waals surface area contributed by atoms with Gasteiger partial charge in [-0.15, -0.1) is 0 Å². The molecule has 1 N–H and O–H groups in total. The van der Waals surface area contributed by atoms with Crippen LogP contribution >= 0.6 is 0 Å². The maximum atomic E-state index is 12.5. The molecule has 0 unspecified atom stereocenters. The summed E-state index contributed by atoms with van der Waals surface area (Å²) in [6.45, 7) is 9.60. The van der Waals surface area contributed by atoms with Crippen molar-refractivity contribution in [2.24, 2.45) is 11.8 Å². The topological polar surface area (TPSA) is 49.4 Å². The Bertz CT molecular complexity index is 585. The van der Waals surface area contributed by atoms with E-state index in [4.69, 9.17) is 0 Å². The summed E-state index contributed by atoms with van der Waals surface area (Å²) in [5.41, 5.74) is 3.20. The Labute approximate surface area is 145 Å². The van der Waals surface area contributed by atoms with Crippen LogP contribution in [-0.4, -0.2) is 29.8 Å². The molecule has 132 valence electrons. The molecule has 1 saturated heterocycles. The molecule has 24 heavy (non-hydrogen) atoms. The Morgan fingerprint density at radius 3 is 2.38 bits per heavy atom. The molecular formula is C20H30N2O2. The van der Waals surface area contributed by atoms with Crippen LogP contribution in [0.1, 0.15) is 50.7 Å². The van der Waals surface area contributed by atoms with Crippen LogP contribution in [0.15, 0.2) is 18.2 Å². The molecule has 0 aliphatic carbocycles. The summed E-state index contributed by atoms with van der Waals surface area (Å²) in [7, 11) is 0. The highest BCUT2D eigenvalue weighted by molar-refractivity contribution is 5.93. The second-order valence-electron chi connectivity index (χ2n) is 6.85. The number of amides is 2. The first-order chi connectivity index (χ1) is 11.5. The number of likely N-dealkylation sites (tertiary alicyclic amines) is 1. The van der Waals surface area contributed by atoms with Crippen molar-refractivity contribution in [1.82, 2.24) is 4.90 Å². The highest BCUT2D eigenvalue weighted by Gasteiger charge is 2.29. The van der Waals surface area contributed by atoms with Crippen molar-refractivity contribution in [1.29, 1.82) is 0 Å². The number of piperidine rings is 1. The molecule has 0 aromatic heterocycles. The van der Waals surface area contributed by atoms with E-state index in [1.54, 1.807) is 0 Å². The van der Waals surface area contributed by atoms with Crippen LogP contribution < -0.4 is 5.32 Å². The fourth-order valence-corrected chi connectivity index (χ4v) is 3.38. The van der Waals surface area contributed by atoms with Crippen LogP contribution in [0.2, 0.25) is 0 Å². The predicted molar refractivity (Wildman–Crippen MR) is 97.9 cm³/mol. The number of carbonyl (C=O) groups is 2. The van der Waals surface area contributed by atoms with Crippen LogP contribution in [0, 0.1) is 25.7 Å². The molecule has 0 spiro atoms. The Kier molecular flexibility index (Phi) is 6.41. The first-order valence-corrected chi connectivity index (χ1v) is 9.13. The zero-order valence-electron chi connectivity index (χ0n) is 15.4. The lowest BCUT2D eigenvalue weighted by atomic mass is 9.93. The van der Waals surface area contributed by atoms with Crippen LogP contribution in [0.5, 0.6) is 0 Å². The Morgan fingerprint density at radius 2 is 1.79 bits per heavy atom. The van der Waals surface area contributed by atoms with E-state index >= 15 is 0 Å². The van der Waals surface area contributed by atoms with E-state index in [-0.39, 0.29) is 23.7 Å². The van der Waals surface area contributed by atoms with Crippen LogP contribution in [0.3, 0.4) is 0 Å². The lowest BCUT2D eigenvalue weighted by molar-refractivity contribution is -0.138. The van der Waals surface area contributed by atoms with Gasteiger partial charge >= 0.3 is 0 Å². The molecule has 1 aromatic rings. The second kappa shape index (κ2) is 8.32. The van der Waals surface area contributed by atoms with Crippen LogP contribution in [0.25, 0.3) is 0 Å². The minimum absolute atomic E-state index is 0.00401. The molecule has 4 heteroatoms. The largest absolute Gasteiger partial charge is 0.342 e. The fourth-order valence-electron chi connectivity index (χ4n) is 3.38. The van der Waals surface area contributed by atoms with Gasteiger partial charge in [-0.3, -0.25) is 9.59 Å². The molecule has 1 aliphatic rings. The van der Waals surface area contributed by atoms with Crippen LogP contribution in [0.4, 0.5) is 5.69 Å². The van der Waals surface area contributed by atoms with Gasteiger partial charge < -0.3 is 10.2 Å². The fraction of sp³-hybridized carbons (Fsp3) is 0.600. The zero-order chi connectivity index (χ0) is 17.7. The van der Waals surface area contributed by atoms with Gasteiger partial charge in [-0.2, -0.15) is 0 Å². The number of nitrogens with one attached hydrogen (secondary N) is 1. The minimum Gasteiger partial charge on any atom is -0.342 e. The summed E-state index contributed by atoms with van der Waals surface area (Å²) >= 11 is 0.